The van der Waals surface area contributed by atoms with E-state index in [1.54, 1.807) is 0 Å². The van der Waals surface area contributed by atoms with Crippen molar-refractivity contribution in [3.8, 4) is 0 Å². The summed E-state index contributed by atoms with van der Waals surface area (Å²) in [6.45, 7) is 7.77. The first-order valence-electron chi connectivity index (χ1n) is 6.04. The Labute approximate surface area is 102 Å². The number of aromatic nitrogens is 2. The summed E-state index contributed by atoms with van der Waals surface area (Å²) >= 11 is 0. The zero-order valence-corrected chi connectivity index (χ0v) is 11.0. The van der Waals surface area contributed by atoms with Crippen LogP contribution >= 0.6 is 0 Å². The molecule has 1 heterocycles. The average Bonchev–Trinajstić information content (AvgIpc) is 2.26. The number of nitrogens with two attached hydrogens (primary N) is 2. The number of rotatable bonds is 4. The van der Waals surface area contributed by atoms with Crippen LogP contribution in [-0.4, -0.2) is 9.97 Å². The highest BCUT2D eigenvalue weighted by Crippen LogP contribution is 2.24. The minimum Gasteiger partial charge on any atom is -0.383 e. The van der Waals surface area contributed by atoms with Crippen molar-refractivity contribution >= 4 is 5.82 Å². The predicted molar refractivity (Wildman–Crippen MR) is 69.8 cm³/mol. The van der Waals surface area contributed by atoms with Crippen molar-refractivity contribution in [3.63, 3.8) is 0 Å². The summed E-state index contributed by atoms with van der Waals surface area (Å²) in [6.07, 6.45) is 1.40. The van der Waals surface area contributed by atoms with E-state index >= 15 is 0 Å². The largest absolute Gasteiger partial charge is 0.383 e. The third-order valence-corrected chi connectivity index (χ3v) is 3.30. The van der Waals surface area contributed by atoms with E-state index in [-0.39, 0.29) is 17.3 Å². The van der Waals surface area contributed by atoms with E-state index in [1.807, 2.05) is 27.7 Å². The number of hydrogen-bond donors (Lipinski definition) is 3. The van der Waals surface area contributed by atoms with Crippen LogP contribution in [-0.2, 0) is 5.54 Å². The Balaban J connectivity index is 3.38. The van der Waals surface area contributed by atoms with Gasteiger partial charge in [-0.15, -0.1) is 0 Å². The number of nitrogens with one attached hydrogen (secondary N) is 1. The van der Waals surface area contributed by atoms with E-state index in [9.17, 15) is 4.79 Å². The highest BCUT2D eigenvalue weighted by Gasteiger charge is 2.27. The zero-order chi connectivity index (χ0) is 13.2. The smallest absolute Gasteiger partial charge is 0.256 e. The molecule has 0 aliphatic rings. The maximum Gasteiger partial charge on any atom is 0.256 e. The summed E-state index contributed by atoms with van der Waals surface area (Å²) < 4.78 is 0. The van der Waals surface area contributed by atoms with Gasteiger partial charge in [-0.3, -0.25) is 4.79 Å². The summed E-state index contributed by atoms with van der Waals surface area (Å²) in [5.41, 5.74) is 11.8. The van der Waals surface area contributed by atoms with Crippen LogP contribution in [0.1, 0.15) is 57.8 Å². The molecule has 5 nitrogen and oxygen atoms in total. The average molecular weight is 238 g/mol. The van der Waals surface area contributed by atoms with Crippen molar-refractivity contribution < 1.29 is 0 Å². The van der Waals surface area contributed by atoms with Crippen molar-refractivity contribution in [1.29, 1.82) is 0 Å². The normalized spacial score (nSPS) is 12.1. The second-order valence-corrected chi connectivity index (χ2v) is 4.73. The van der Waals surface area contributed by atoms with Gasteiger partial charge < -0.3 is 16.5 Å². The molecule has 96 valence electrons. The third-order valence-electron chi connectivity index (χ3n) is 3.30. The molecule has 5 heteroatoms. The summed E-state index contributed by atoms with van der Waals surface area (Å²) in [4.78, 5) is 19.0. The molecular weight excluding hydrogens is 216 g/mol. The molecular formula is C12H22N4O. The van der Waals surface area contributed by atoms with Gasteiger partial charge >= 0.3 is 0 Å². The number of aromatic amines is 1. The lowest BCUT2D eigenvalue weighted by molar-refractivity contribution is 0.386. The quantitative estimate of drug-likeness (QED) is 0.739. The predicted octanol–water partition coefficient (Wildman–Crippen LogP) is 1.45. The zero-order valence-electron chi connectivity index (χ0n) is 11.0. The van der Waals surface area contributed by atoms with Gasteiger partial charge in [-0.05, 0) is 18.8 Å². The number of anilines is 1. The number of hydrogen-bond acceptors (Lipinski definition) is 4. The lowest BCUT2D eigenvalue weighted by Gasteiger charge is -2.26. The van der Waals surface area contributed by atoms with Gasteiger partial charge in [-0.25, -0.2) is 4.98 Å². The standard InChI is InChI=1S/C12H22N4O/c1-5-12(14,6-2)11-15-9(13)8(7(3)4)10(17)16-11/h7H,5-6,14H2,1-4H3,(H3,13,15,16,17). The van der Waals surface area contributed by atoms with Gasteiger partial charge in [0.15, 0.2) is 0 Å². The van der Waals surface area contributed by atoms with Gasteiger partial charge in [0.2, 0.25) is 0 Å². The number of nitrogens with zero attached hydrogens (tertiary/aromatic N) is 1. The molecule has 1 aromatic heterocycles. The van der Waals surface area contributed by atoms with Crippen molar-refractivity contribution in [2.24, 2.45) is 5.73 Å². The van der Waals surface area contributed by atoms with Crippen molar-refractivity contribution in [3.05, 3.63) is 21.7 Å². The second kappa shape index (κ2) is 4.87. The molecule has 0 atom stereocenters. The van der Waals surface area contributed by atoms with Gasteiger partial charge in [0.25, 0.3) is 5.56 Å². The van der Waals surface area contributed by atoms with E-state index in [4.69, 9.17) is 11.5 Å². The van der Waals surface area contributed by atoms with Gasteiger partial charge in [-0.2, -0.15) is 0 Å². The first kappa shape index (κ1) is 13.7. The van der Waals surface area contributed by atoms with Crippen molar-refractivity contribution in [2.75, 3.05) is 5.73 Å². The SMILES string of the molecule is CCC(N)(CC)c1nc(N)c(C(C)C)c(=O)[nH]1. The number of H-pyrrole nitrogens is 1. The van der Waals surface area contributed by atoms with Gasteiger partial charge in [0, 0.05) is 0 Å². The Bertz CT molecular complexity index is 446. The van der Waals surface area contributed by atoms with Crippen LogP contribution in [0.25, 0.3) is 0 Å². The highest BCUT2D eigenvalue weighted by atomic mass is 16.1. The minimum atomic E-state index is -0.608. The monoisotopic (exact) mass is 238 g/mol. The van der Waals surface area contributed by atoms with Gasteiger partial charge in [0.05, 0.1) is 11.1 Å². The molecule has 1 rings (SSSR count). The molecule has 1 aromatic rings. The van der Waals surface area contributed by atoms with Crippen molar-refractivity contribution in [2.45, 2.75) is 52.0 Å². The number of nitrogen functional groups attached to an aromatic ring is 1. The fraction of sp³-hybridized carbons (Fsp3) is 0.667. The highest BCUT2D eigenvalue weighted by molar-refractivity contribution is 5.40. The molecule has 0 aromatic carbocycles. The maximum atomic E-state index is 11.9. The summed E-state index contributed by atoms with van der Waals surface area (Å²) in [6, 6.07) is 0. The van der Waals surface area contributed by atoms with E-state index in [0.29, 0.717) is 24.2 Å². The van der Waals surface area contributed by atoms with E-state index in [0.717, 1.165) is 0 Å². The summed E-state index contributed by atoms with van der Waals surface area (Å²) in [7, 11) is 0. The lowest BCUT2D eigenvalue weighted by Crippen LogP contribution is -2.39. The summed E-state index contributed by atoms with van der Waals surface area (Å²) in [5.74, 6) is 0.820. The van der Waals surface area contributed by atoms with Crippen LogP contribution < -0.4 is 17.0 Å². The van der Waals surface area contributed by atoms with Crippen molar-refractivity contribution in [1.82, 2.24) is 9.97 Å². The lowest BCUT2D eigenvalue weighted by atomic mass is 9.93. The van der Waals surface area contributed by atoms with Crippen LogP contribution in [0.15, 0.2) is 4.79 Å². The molecule has 5 N–H and O–H groups in total. The first-order chi connectivity index (χ1) is 7.85. The fourth-order valence-electron chi connectivity index (χ4n) is 1.88. The Hall–Kier alpha value is -1.36. The van der Waals surface area contributed by atoms with E-state index in [2.05, 4.69) is 9.97 Å². The van der Waals surface area contributed by atoms with E-state index < -0.39 is 5.54 Å². The van der Waals surface area contributed by atoms with Crippen LogP contribution in [0.3, 0.4) is 0 Å². The minimum absolute atomic E-state index is 0.0516. The van der Waals surface area contributed by atoms with Gasteiger partial charge in [0.1, 0.15) is 11.6 Å². The molecule has 0 saturated carbocycles. The molecule has 0 bridgehead atoms. The van der Waals surface area contributed by atoms with Crippen LogP contribution in [0.5, 0.6) is 0 Å². The first-order valence-corrected chi connectivity index (χ1v) is 6.04. The van der Waals surface area contributed by atoms with Crippen LogP contribution in [0.2, 0.25) is 0 Å². The second-order valence-electron chi connectivity index (χ2n) is 4.73. The topological polar surface area (TPSA) is 97.8 Å². The Morgan fingerprint density at radius 2 is 1.88 bits per heavy atom. The Kier molecular flexibility index (Phi) is 3.93. The van der Waals surface area contributed by atoms with Crippen LogP contribution in [0, 0.1) is 0 Å². The maximum absolute atomic E-state index is 11.9. The Morgan fingerprint density at radius 1 is 1.35 bits per heavy atom. The van der Waals surface area contributed by atoms with E-state index in [1.165, 1.54) is 0 Å². The molecule has 0 fully saturated rings. The molecule has 0 amide bonds. The fourth-order valence-corrected chi connectivity index (χ4v) is 1.88. The third kappa shape index (κ3) is 2.49. The Morgan fingerprint density at radius 3 is 2.24 bits per heavy atom. The molecule has 0 saturated heterocycles. The molecule has 0 aliphatic heterocycles. The summed E-state index contributed by atoms with van der Waals surface area (Å²) in [5, 5.41) is 0. The molecule has 0 aliphatic carbocycles. The van der Waals surface area contributed by atoms with Gasteiger partial charge in [-0.1, -0.05) is 27.7 Å². The molecule has 17 heavy (non-hydrogen) atoms. The molecule has 0 radical (unpaired) electrons. The molecule has 0 spiro atoms. The molecule has 0 unspecified atom stereocenters. The van der Waals surface area contributed by atoms with Crippen LogP contribution in [0.4, 0.5) is 5.82 Å².